The Bertz CT molecular complexity index is 369. The summed E-state index contributed by atoms with van der Waals surface area (Å²) in [4.78, 5) is 11.5. The topological polar surface area (TPSA) is 26.3 Å². The zero-order chi connectivity index (χ0) is 11.3. The molecule has 2 nitrogen and oxygen atoms in total. The second-order valence-electron chi connectivity index (χ2n) is 5.52. The lowest BCUT2D eigenvalue weighted by Gasteiger charge is -2.31. The molecule has 2 bridgehead atoms. The van der Waals surface area contributed by atoms with E-state index >= 15 is 0 Å². The number of hydrogen-bond acceptors (Lipinski definition) is 2. The Labute approximate surface area is 96.4 Å². The highest BCUT2D eigenvalue weighted by Gasteiger charge is 2.53. The van der Waals surface area contributed by atoms with E-state index in [4.69, 9.17) is 4.74 Å². The summed E-state index contributed by atoms with van der Waals surface area (Å²) in [6, 6.07) is 0. The minimum absolute atomic E-state index is 0.162. The molecule has 0 amide bonds. The Morgan fingerprint density at radius 1 is 1.38 bits per heavy atom. The van der Waals surface area contributed by atoms with Crippen LogP contribution in [0.1, 0.15) is 26.2 Å². The Morgan fingerprint density at radius 2 is 2.19 bits per heavy atom. The average molecular weight is 218 g/mol. The van der Waals surface area contributed by atoms with Gasteiger partial charge in [-0.25, -0.2) is 4.79 Å². The molecule has 2 saturated carbocycles. The van der Waals surface area contributed by atoms with Crippen LogP contribution in [0.3, 0.4) is 0 Å². The minimum atomic E-state index is -0.208. The van der Waals surface area contributed by atoms with Crippen molar-refractivity contribution in [2.45, 2.75) is 32.3 Å². The quantitative estimate of drug-likeness (QED) is 0.404. The summed E-state index contributed by atoms with van der Waals surface area (Å²) in [5.74, 6) is 2.69. The Balaban J connectivity index is 1.69. The molecule has 0 N–H and O–H groups in total. The van der Waals surface area contributed by atoms with Crippen LogP contribution in [0, 0.1) is 23.7 Å². The monoisotopic (exact) mass is 218 g/mol. The fraction of sp³-hybridized carbons (Fsp3) is 0.643. The van der Waals surface area contributed by atoms with E-state index in [0.717, 1.165) is 24.2 Å². The van der Waals surface area contributed by atoms with E-state index in [9.17, 15) is 4.79 Å². The zero-order valence-corrected chi connectivity index (χ0v) is 9.69. The van der Waals surface area contributed by atoms with E-state index in [-0.39, 0.29) is 12.1 Å². The van der Waals surface area contributed by atoms with Crippen LogP contribution in [0.25, 0.3) is 0 Å². The van der Waals surface area contributed by atoms with Crippen LogP contribution in [-0.2, 0) is 9.53 Å². The molecule has 86 valence electrons. The highest BCUT2D eigenvalue weighted by Crippen LogP contribution is 2.57. The standard InChI is InChI=1S/C14H18O2/c1-8(2)14(15)16-13-7-9-6-12(13)11-5-3-4-10(9)11/h3-4,9-13H,1,5-7H2,2H3/t9-,10+,11+,12-,13?/m0/s1. The number of fused-ring (bicyclic) bond motifs is 5. The lowest BCUT2D eigenvalue weighted by atomic mass is 9.80. The fourth-order valence-electron chi connectivity index (χ4n) is 3.87. The summed E-state index contributed by atoms with van der Waals surface area (Å²) in [5, 5.41) is 0. The van der Waals surface area contributed by atoms with E-state index in [0.29, 0.717) is 11.5 Å². The molecule has 1 unspecified atom stereocenters. The van der Waals surface area contributed by atoms with Gasteiger partial charge in [-0.2, -0.15) is 0 Å². The van der Waals surface area contributed by atoms with Gasteiger partial charge in [-0.1, -0.05) is 18.7 Å². The average Bonchev–Trinajstić information content (AvgIpc) is 2.87. The normalized spacial score (nSPS) is 43.4. The van der Waals surface area contributed by atoms with Gasteiger partial charge in [0.05, 0.1) is 0 Å². The summed E-state index contributed by atoms with van der Waals surface area (Å²) in [7, 11) is 0. The van der Waals surface area contributed by atoms with Gasteiger partial charge in [0.15, 0.2) is 0 Å². The van der Waals surface area contributed by atoms with E-state index < -0.39 is 0 Å². The fourth-order valence-corrected chi connectivity index (χ4v) is 3.87. The van der Waals surface area contributed by atoms with Crippen LogP contribution in [-0.4, -0.2) is 12.1 Å². The maximum atomic E-state index is 11.5. The smallest absolute Gasteiger partial charge is 0.333 e. The number of rotatable bonds is 2. The molecule has 16 heavy (non-hydrogen) atoms. The van der Waals surface area contributed by atoms with Gasteiger partial charge in [-0.3, -0.25) is 0 Å². The van der Waals surface area contributed by atoms with Gasteiger partial charge in [0.1, 0.15) is 6.10 Å². The van der Waals surface area contributed by atoms with Crippen LogP contribution in [0.5, 0.6) is 0 Å². The Morgan fingerprint density at radius 3 is 2.94 bits per heavy atom. The van der Waals surface area contributed by atoms with Gasteiger partial charge in [0.2, 0.25) is 0 Å². The molecular weight excluding hydrogens is 200 g/mol. The molecule has 0 aromatic heterocycles. The van der Waals surface area contributed by atoms with Crippen molar-refractivity contribution in [3.05, 3.63) is 24.3 Å². The van der Waals surface area contributed by atoms with Crippen molar-refractivity contribution in [3.63, 3.8) is 0 Å². The molecule has 0 aromatic carbocycles. The Hall–Kier alpha value is -1.05. The van der Waals surface area contributed by atoms with Crippen molar-refractivity contribution in [3.8, 4) is 0 Å². The van der Waals surface area contributed by atoms with Crippen LogP contribution in [0.4, 0.5) is 0 Å². The second kappa shape index (κ2) is 3.47. The number of ether oxygens (including phenoxy) is 1. The maximum absolute atomic E-state index is 11.5. The third-order valence-electron chi connectivity index (χ3n) is 4.55. The minimum Gasteiger partial charge on any atom is -0.459 e. The molecule has 2 heteroatoms. The first-order valence-corrected chi connectivity index (χ1v) is 6.20. The van der Waals surface area contributed by atoms with Gasteiger partial charge < -0.3 is 4.74 Å². The van der Waals surface area contributed by atoms with Gasteiger partial charge in [-0.05, 0) is 49.9 Å². The van der Waals surface area contributed by atoms with Gasteiger partial charge in [0.25, 0.3) is 0 Å². The molecule has 0 saturated heterocycles. The lowest BCUT2D eigenvalue weighted by molar-refractivity contribution is -0.148. The van der Waals surface area contributed by atoms with Crippen molar-refractivity contribution in [1.29, 1.82) is 0 Å². The van der Waals surface area contributed by atoms with Gasteiger partial charge in [-0.15, -0.1) is 0 Å². The summed E-state index contributed by atoms with van der Waals surface area (Å²) in [6.07, 6.45) is 8.36. The lowest BCUT2D eigenvalue weighted by Crippen LogP contribution is -2.32. The van der Waals surface area contributed by atoms with Crippen LogP contribution in [0.15, 0.2) is 24.3 Å². The van der Waals surface area contributed by atoms with Crippen molar-refractivity contribution in [2.75, 3.05) is 0 Å². The number of esters is 1. The first kappa shape index (κ1) is 10.1. The summed E-state index contributed by atoms with van der Waals surface area (Å²) >= 11 is 0. The summed E-state index contributed by atoms with van der Waals surface area (Å²) in [5.41, 5.74) is 0.517. The maximum Gasteiger partial charge on any atom is 0.333 e. The molecule has 3 rings (SSSR count). The molecule has 0 aliphatic heterocycles. The predicted molar refractivity (Wildman–Crippen MR) is 61.6 cm³/mol. The van der Waals surface area contributed by atoms with Crippen LogP contribution >= 0.6 is 0 Å². The first-order valence-electron chi connectivity index (χ1n) is 6.20. The third-order valence-corrected chi connectivity index (χ3v) is 4.55. The van der Waals surface area contributed by atoms with E-state index in [1.807, 2.05) is 0 Å². The molecule has 3 aliphatic carbocycles. The van der Waals surface area contributed by atoms with Crippen molar-refractivity contribution in [2.24, 2.45) is 23.7 Å². The van der Waals surface area contributed by atoms with Gasteiger partial charge >= 0.3 is 5.97 Å². The number of carbonyl (C=O) groups excluding carboxylic acids is 1. The highest BCUT2D eigenvalue weighted by molar-refractivity contribution is 5.87. The number of allylic oxidation sites excluding steroid dienone is 2. The SMILES string of the molecule is C=C(C)C(=O)OC1C[C@@H]2C[C@H]1[C@@H]1CC=C[C@H]21. The second-order valence-corrected chi connectivity index (χ2v) is 5.52. The van der Waals surface area contributed by atoms with E-state index in [1.54, 1.807) is 6.92 Å². The molecule has 5 atom stereocenters. The Kier molecular flexibility index (Phi) is 2.20. The zero-order valence-electron chi connectivity index (χ0n) is 9.69. The molecule has 0 radical (unpaired) electrons. The van der Waals surface area contributed by atoms with Gasteiger partial charge in [0, 0.05) is 5.57 Å². The van der Waals surface area contributed by atoms with Crippen molar-refractivity contribution in [1.82, 2.24) is 0 Å². The van der Waals surface area contributed by atoms with Crippen molar-refractivity contribution < 1.29 is 9.53 Å². The summed E-state index contributed by atoms with van der Waals surface area (Å²) < 4.78 is 5.55. The third kappa shape index (κ3) is 1.35. The number of hydrogen-bond donors (Lipinski definition) is 0. The van der Waals surface area contributed by atoms with E-state index in [2.05, 4.69) is 18.7 Å². The largest absolute Gasteiger partial charge is 0.459 e. The van der Waals surface area contributed by atoms with E-state index in [1.165, 1.54) is 12.8 Å². The number of carbonyl (C=O) groups is 1. The molecule has 0 aromatic rings. The first-order chi connectivity index (χ1) is 7.66. The molecule has 0 spiro atoms. The highest BCUT2D eigenvalue weighted by atomic mass is 16.5. The van der Waals surface area contributed by atoms with Crippen LogP contribution in [0.2, 0.25) is 0 Å². The molecular formula is C14H18O2. The van der Waals surface area contributed by atoms with Crippen LogP contribution < -0.4 is 0 Å². The summed E-state index contributed by atoms with van der Waals surface area (Å²) in [6.45, 7) is 5.36. The molecule has 2 fully saturated rings. The predicted octanol–water partition coefficient (Wildman–Crippen LogP) is 2.71. The van der Waals surface area contributed by atoms with Crippen molar-refractivity contribution >= 4 is 5.97 Å². The molecule has 3 aliphatic rings. The molecule has 0 heterocycles.